The van der Waals surface area contributed by atoms with Crippen LogP contribution in [0.3, 0.4) is 0 Å². The van der Waals surface area contributed by atoms with E-state index < -0.39 is 5.97 Å². The van der Waals surface area contributed by atoms with Crippen LogP contribution in [0.4, 0.5) is 0 Å². The van der Waals surface area contributed by atoms with Crippen molar-refractivity contribution in [2.45, 2.75) is 6.54 Å². The molecule has 2 aromatic heterocycles. The molecule has 2 rings (SSSR count). The van der Waals surface area contributed by atoms with Gasteiger partial charge in [-0.2, -0.15) is 5.10 Å². The van der Waals surface area contributed by atoms with Crippen molar-refractivity contribution in [1.82, 2.24) is 14.3 Å². The molecule has 7 nitrogen and oxygen atoms in total. The number of ether oxygens (including phenoxy) is 1. The van der Waals surface area contributed by atoms with E-state index in [0.717, 1.165) is 0 Å². The number of aromatic nitrogens is 3. The Hall–Kier alpha value is -2.41. The number of hydrogen-bond acceptors (Lipinski definition) is 4. The Balaban J connectivity index is 2.35. The second kappa shape index (κ2) is 5.49. The van der Waals surface area contributed by atoms with E-state index in [1.165, 1.54) is 29.1 Å². The zero-order valence-electron chi connectivity index (χ0n) is 10.3. The predicted octanol–water partition coefficient (Wildman–Crippen LogP) is 0.379. The van der Waals surface area contributed by atoms with Crippen LogP contribution in [0.15, 0.2) is 35.5 Å². The summed E-state index contributed by atoms with van der Waals surface area (Å²) in [7, 11) is 1.59. The predicted molar refractivity (Wildman–Crippen MR) is 66.7 cm³/mol. The number of nitrogens with zero attached hydrogens (tertiary/aromatic N) is 3. The number of carbonyl (C=O) groups is 1. The first-order chi connectivity index (χ1) is 9.11. The van der Waals surface area contributed by atoms with Crippen LogP contribution in [-0.4, -0.2) is 39.1 Å². The van der Waals surface area contributed by atoms with E-state index in [9.17, 15) is 9.59 Å². The Morgan fingerprint density at radius 1 is 1.42 bits per heavy atom. The van der Waals surface area contributed by atoms with Gasteiger partial charge in [-0.05, 0) is 6.07 Å². The van der Waals surface area contributed by atoms with E-state index in [-0.39, 0.29) is 11.1 Å². The van der Waals surface area contributed by atoms with Crippen molar-refractivity contribution in [3.63, 3.8) is 0 Å². The highest BCUT2D eigenvalue weighted by atomic mass is 16.5. The lowest BCUT2D eigenvalue weighted by molar-refractivity contribution is 0.0696. The first-order valence-corrected chi connectivity index (χ1v) is 5.59. The van der Waals surface area contributed by atoms with Gasteiger partial charge in [-0.3, -0.25) is 14.0 Å². The Morgan fingerprint density at radius 3 is 2.89 bits per heavy atom. The molecule has 0 bridgehead atoms. The smallest absolute Gasteiger partial charge is 0.337 e. The normalized spacial score (nSPS) is 10.6. The molecule has 0 radical (unpaired) electrons. The van der Waals surface area contributed by atoms with Gasteiger partial charge in [0, 0.05) is 25.6 Å². The van der Waals surface area contributed by atoms with E-state index in [4.69, 9.17) is 9.84 Å². The minimum atomic E-state index is -1.08. The third-order valence-electron chi connectivity index (χ3n) is 2.58. The van der Waals surface area contributed by atoms with E-state index in [2.05, 4.69) is 5.10 Å². The minimum absolute atomic E-state index is 0.0456. The molecule has 19 heavy (non-hydrogen) atoms. The molecule has 100 valence electrons. The largest absolute Gasteiger partial charge is 0.478 e. The fourth-order valence-electron chi connectivity index (χ4n) is 1.60. The summed E-state index contributed by atoms with van der Waals surface area (Å²) in [6, 6.07) is 2.49. The number of hydrogen-bond donors (Lipinski definition) is 1. The SMILES string of the molecule is COCCn1cc(-n2cc(C(=O)O)ccc2=O)cn1. The highest BCUT2D eigenvalue weighted by Gasteiger charge is 2.08. The van der Waals surface area contributed by atoms with Gasteiger partial charge in [0.25, 0.3) is 5.56 Å². The number of carboxylic acids is 1. The summed E-state index contributed by atoms with van der Waals surface area (Å²) in [4.78, 5) is 22.6. The zero-order valence-corrected chi connectivity index (χ0v) is 10.3. The van der Waals surface area contributed by atoms with Crippen molar-refractivity contribution in [1.29, 1.82) is 0 Å². The number of aromatic carboxylic acids is 1. The van der Waals surface area contributed by atoms with Gasteiger partial charge < -0.3 is 9.84 Å². The average molecular weight is 263 g/mol. The lowest BCUT2D eigenvalue weighted by Crippen LogP contribution is -2.18. The van der Waals surface area contributed by atoms with Crippen molar-refractivity contribution >= 4 is 5.97 Å². The highest BCUT2D eigenvalue weighted by Crippen LogP contribution is 2.05. The third kappa shape index (κ3) is 2.89. The molecule has 0 aliphatic heterocycles. The maximum absolute atomic E-state index is 11.7. The number of carboxylic acid groups (broad SMARTS) is 1. The minimum Gasteiger partial charge on any atom is -0.478 e. The van der Waals surface area contributed by atoms with Crippen LogP contribution in [0.2, 0.25) is 0 Å². The molecule has 2 heterocycles. The molecule has 0 aromatic carbocycles. The van der Waals surface area contributed by atoms with Crippen LogP contribution in [0.1, 0.15) is 10.4 Å². The van der Waals surface area contributed by atoms with Crippen LogP contribution < -0.4 is 5.56 Å². The van der Waals surface area contributed by atoms with Gasteiger partial charge in [0.15, 0.2) is 0 Å². The molecule has 0 spiro atoms. The molecule has 2 aromatic rings. The fraction of sp³-hybridized carbons (Fsp3) is 0.250. The van der Waals surface area contributed by atoms with Crippen molar-refractivity contribution in [2.24, 2.45) is 0 Å². The second-order valence-corrected chi connectivity index (χ2v) is 3.89. The Bertz CT molecular complexity index is 644. The van der Waals surface area contributed by atoms with Gasteiger partial charge in [0.2, 0.25) is 0 Å². The zero-order chi connectivity index (χ0) is 13.8. The molecular weight excluding hydrogens is 250 g/mol. The summed E-state index contributed by atoms with van der Waals surface area (Å²) < 4.78 is 7.80. The number of rotatable bonds is 5. The van der Waals surface area contributed by atoms with Gasteiger partial charge in [0.1, 0.15) is 0 Å². The summed E-state index contributed by atoms with van der Waals surface area (Å²) in [5, 5.41) is 13.0. The Kier molecular flexibility index (Phi) is 3.76. The lowest BCUT2D eigenvalue weighted by atomic mass is 10.3. The van der Waals surface area contributed by atoms with E-state index in [1.54, 1.807) is 18.0 Å². The van der Waals surface area contributed by atoms with Crippen LogP contribution in [0.5, 0.6) is 0 Å². The molecule has 0 fully saturated rings. The first kappa shape index (κ1) is 13.0. The summed E-state index contributed by atoms with van der Waals surface area (Å²) >= 11 is 0. The van der Waals surface area contributed by atoms with Gasteiger partial charge in [-0.25, -0.2) is 4.79 Å². The second-order valence-electron chi connectivity index (χ2n) is 3.89. The molecular formula is C12H13N3O4. The van der Waals surface area contributed by atoms with Crippen molar-refractivity contribution in [2.75, 3.05) is 13.7 Å². The molecule has 0 atom stereocenters. The Labute approximate surface area is 108 Å². The maximum atomic E-state index is 11.7. The lowest BCUT2D eigenvalue weighted by Gasteiger charge is -2.03. The van der Waals surface area contributed by atoms with Gasteiger partial charge in [-0.15, -0.1) is 0 Å². The molecule has 0 aliphatic carbocycles. The molecule has 1 N–H and O–H groups in total. The van der Waals surface area contributed by atoms with Gasteiger partial charge in [-0.1, -0.05) is 0 Å². The average Bonchev–Trinajstić information content (AvgIpc) is 2.85. The van der Waals surface area contributed by atoms with Crippen molar-refractivity contribution in [3.05, 3.63) is 46.6 Å². The monoisotopic (exact) mass is 263 g/mol. The maximum Gasteiger partial charge on any atom is 0.337 e. The van der Waals surface area contributed by atoms with Crippen LogP contribution in [0, 0.1) is 0 Å². The summed E-state index contributed by atoms with van der Waals surface area (Å²) in [6.07, 6.45) is 4.44. The van der Waals surface area contributed by atoms with Gasteiger partial charge >= 0.3 is 5.97 Å². The molecule has 0 amide bonds. The van der Waals surface area contributed by atoms with Crippen LogP contribution in [-0.2, 0) is 11.3 Å². The van der Waals surface area contributed by atoms with E-state index in [0.29, 0.717) is 18.8 Å². The van der Waals surface area contributed by atoms with Crippen LogP contribution >= 0.6 is 0 Å². The molecule has 7 heteroatoms. The Morgan fingerprint density at radius 2 is 2.21 bits per heavy atom. The first-order valence-electron chi connectivity index (χ1n) is 5.59. The van der Waals surface area contributed by atoms with E-state index in [1.807, 2.05) is 0 Å². The summed E-state index contributed by atoms with van der Waals surface area (Å²) in [5.74, 6) is -1.08. The fourth-order valence-corrected chi connectivity index (χ4v) is 1.60. The summed E-state index contributed by atoms with van der Waals surface area (Å²) in [5.41, 5.74) is 0.254. The topological polar surface area (TPSA) is 86.4 Å². The summed E-state index contributed by atoms with van der Waals surface area (Å²) in [6.45, 7) is 1.06. The highest BCUT2D eigenvalue weighted by molar-refractivity contribution is 5.87. The molecule has 0 aliphatic rings. The van der Waals surface area contributed by atoms with Crippen molar-refractivity contribution < 1.29 is 14.6 Å². The number of methoxy groups -OCH3 is 1. The number of pyridine rings is 1. The van der Waals surface area contributed by atoms with Crippen molar-refractivity contribution in [3.8, 4) is 5.69 Å². The molecule has 0 saturated carbocycles. The van der Waals surface area contributed by atoms with Crippen LogP contribution in [0.25, 0.3) is 5.69 Å². The van der Waals surface area contributed by atoms with Gasteiger partial charge in [0.05, 0.1) is 30.6 Å². The molecule has 0 saturated heterocycles. The quantitative estimate of drug-likeness (QED) is 0.842. The standard InChI is InChI=1S/C12H13N3O4/c1-19-5-4-14-8-10(6-13-14)15-7-9(12(17)18)2-3-11(15)16/h2-3,6-8H,4-5H2,1H3,(H,17,18). The van der Waals surface area contributed by atoms with E-state index >= 15 is 0 Å². The third-order valence-corrected chi connectivity index (χ3v) is 2.58. The molecule has 0 unspecified atom stereocenters.